The molecule has 0 unspecified atom stereocenters. The van der Waals surface area contributed by atoms with E-state index in [0.717, 1.165) is 33.4 Å². The molecule has 0 amide bonds. The van der Waals surface area contributed by atoms with Gasteiger partial charge in [-0.25, -0.2) is 0 Å². The highest BCUT2D eigenvalue weighted by Crippen LogP contribution is 2.22. The number of hydrogen-bond acceptors (Lipinski definition) is 2. The maximum absolute atomic E-state index is 4.42. The van der Waals surface area contributed by atoms with E-state index in [9.17, 15) is 0 Å². The van der Waals surface area contributed by atoms with Crippen molar-refractivity contribution in [3.63, 3.8) is 0 Å². The fraction of sp³-hybridized carbons (Fsp3) is 0.400. The van der Waals surface area contributed by atoms with Crippen LogP contribution in [0.1, 0.15) is 11.1 Å². The molecule has 0 aliphatic rings. The molecule has 24 heavy (non-hydrogen) atoms. The average Bonchev–Trinajstić information content (AvgIpc) is 2.42. The van der Waals surface area contributed by atoms with Crippen LogP contribution >= 0.6 is 0 Å². The van der Waals surface area contributed by atoms with Crippen LogP contribution in [-0.4, -0.2) is 51.3 Å². The summed E-state index contributed by atoms with van der Waals surface area (Å²) in [7, 11) is 13.1. The average molecular weight is 326 g/mol. The molecule has 0 saturated carbocycles. The van der Waals surface area contributed by atoms with Gasteiger partial charge in [0.25, 0.3) is 0 Å². The molecule has 0 heterocycles. The Bertz CT molecular complexity index is 645. The first-order valence-corrected chi connectivity index (χ1v) is 8.31. The molecule has 0 radical (unpaired) electrons. The standard InChI is InChI=1S/C20H30N4/c1-23(2,3)15-17-9-7-11-19(13-17)21-22-20-12-8-10-18(14-20)16-24(4,5)6/h7-14H,15-16H2,1-6H3/q+2. The van der Waals surface area contributed by atoms with E-state index >= 15 is 0 Å². The first-order chi connectivity index (χ1) is 11.1. The minimum Gasteiger partial charge on any atom is -0.327 e. The Kier molecular flexibility index (Phi) is 5.52. The number of quaternary nitrogens is 2. The van der Waals surface area contributed by atoms with Crippen LogP contribution in [-0.2, 0) is 13.1 Å². The highest BCUT2D eigenvalue weighted by Gasteiger charge is 2.09. The molecule has 0 aliphatic carbocycles. The summed E-state index contributed by atoms with van der Waals surface area (Å²) in [6.45, 7) is 1.95. The SMILES string of the molecule is C[N+](C)(C)Cc1cccc(N=Nc2cccc(C[N+](C)(C)C)c2)c1. The molecular formula is C20H30N4+2. The lowest BCUT2D eigenvalue weighted by Gasteiger charge is -2.24. The van der Waals surface area contributed by atoms with Crippen LogP contribution in [0.5, 0.6) is 0 Å². The molecule has 0 fully saturated rings. The Morgan fingerprint density at radius 1 is 0.625 bits per heavy atom. The molecule has 0 saturated heterocycles. The Morgan fingerprint density at radius 3 is 1.33 bits per heavy atom. The van der Waals surface area contributed by atoms with Gasteiger partial charge in [0, 0.05) is 11.1 Å². The van der Waals surface area contributed by atoms with Crippen molar-refractivity contribution in [2.45, 2.75) is 13.1 Å². The van der Waals surface area contributed by atoms with Crippen LogP contribution in [0.25, 0.3) is 0 Å². The Labute approximate surface area is 146 Å². The third-order valence-electron chi connectivity index (χ3n) is 3.42. The number of nitrogens with zero attached hydrogens (tertiary/aromatic N) is 4. The summed E-state index contributed by atoms with van der Waals surface area (Å²) in [6.07, 6.45) is 0. The predicted octanol–water partition coefficient (Wildman–Crippen LogP) is 4.51. The largest absolute Gasteiger partial charge is 0.327 e. The summed E-state index contributed by atoms with van der Waals surface area (Å²) >= 11 is 0. The lowest BCUT2D eigenvalue weighted by molar-refractivity contribution is -0.884. The van der Waals surface area contributed by atoms with E-state index in [4.69, 9.17) is 0 Å². The number of hydrogen-bond donors (Lipinski definition) is 0. The maximum atomic E-state index is 4.42. The van der Waals surface area contributed by atoms with Crippen molar-refractivity contribution in [1.29, 1.82) is 0 Å². The smallest absolute Gasteiger partial charge is 0.104 e. The zero-order chi connectivity index (χ0) is 17.8. The monoisotopic (exact) mass is 326 g/mol. The molecule has 2 aromatic carbocycles. The topological polar surface area (TPSA) is 24.7 Å². The second kappa shape index (κ2) is 7.24. The van der Waals surface area contributed by atoms with Gasteiger partial charge in [-0.1, -0.05) is 24.3 Å². The van der Waals surface area contributed by atoms with Crippen molar-refractivity contribution in [1.82, 2.24) is 0 Å². The van der Waals surface area contributed by atoms with Crippen LogP contribution < -0.4 is 0 Å². The summed E-state index contributed by atoms with van der Waals surface area (Å²) in [5, 5.41) is 8.84. The van der Waals surface area contributed by atoms with E-state index in [1.54, 1.807) is 0 Å². The van der Waals surface area contributed by atoms with Crippen molar-refractivity contribution in [3.8, 4) is 0 Å². The zero-order valence-corrected chi connectivity index (χ0v) is 15.8. The van der Waals surface area contributed by atoms with Gasteiger partial charge in [0.15, 0.2) is 0 Å². The lowest BCUT2D eigenvalue weighted by atomic mass is 10.2. The quantitative estimate of drug-likeness (QED) is 0.551. The third kappa shape index (κ3) is 6.60. The van der Waals surface area contributed by atoms with E-state index in [2.05, 4.69) is 76.8 Å². The molecule has 2 aromatic rings. The summed E-state index contributed by atoms with van der Waals surface area (Å²) in [6, 6.07) is 16.6. The Balaban J connectivity index is 2.13. The molecule has 4 heteroatoms. The second-order valence-electron chi connectivity index (χ2n) is 8.44. The molecule has 0 bridgehead atoms. The number of azo groups is 1. The van der Waals surface area contributed by atoms with Crippen molar-refractivity contribution in [2.75, 3.05) is 42.3 Å². The molecule has 4 nitrogen and oxygen atoms in total. The Morgan fingerprint density at radius 2 is 1.00 bits per heavy atom. The van der Waals surface area contributed by atoms with Crippen molar-refractivity contribution in [3.05, 3.63) is 59.7 Å². The summed E-state index contributed by atoms with van der Waals surface area (Å²) in [4.78, 5) is 0. The highest BCUT2D eigenvalue weighted by atomic mass is 15.3. The van der Waals surface area contributed by atoms with Crippen molar-refractivity contribution in [2.24, 2.45) is 10.2 Å². The molecule has 0 aromatic heterocycles. The molecule has 0 aliphatic heterocycles. The minimum absolute atomic E-state index is 0.897. The molecule has 2 rings (SSSR count). The fourth-order valence-electron chi connectivity index (χ4n) is 2.64. The van der Waals surface area contributed by atoms with Gasteiger partial charge in [-0.2, -0.15) is 10.2 Å². The van der Waals surface area contributed by atoms with Gasteiger partial charge < -0.3 is 8.97 Å². The first kappa shape index (κ1) is 18.3. The molecule has 128 valence electrons. The van der Waals surface area contributed by atoms with Crippen LogP contribution in [0, 0.1) is 0 Å². The molecular weight excluding hydrogens is 296 g/mol. The van der Waals surface area contributed by atoms with Crippen molar-refractivity contribution >= 4 is 11.4 Å². The molecule has 0 spiro atoms. The summed E-state index contributed by atoms with van der Waals surface area (Å²) < 4.78 is 1.79. The van der Waals surface area contributed by atoms with Crippen molar-refractivity contribution < 1.29 is 8.97 Å². The summed E-state index contributed by atoms with van der Waals surface area (Å²) in [5.41, 5.74) is 4.35. The van der Waals surface area contributed by atoms with Crippen LogP contribution in [0.15, 0.2) is 58.8 Å². The normalized spacial score (nSPS) is 12.8. The van der Waals surface area contributed by atoms with Gasteiger partial charge in [-0.15, -0.1) is 0 Å². The number of rotatable bonds is 6. The maximum Gasteiger partial charge on any atom is 0.104 e. The predicted molar refractivity (Wildman–Crippen MR) is 101 cm³/mol. The van der Waals surface area contributed by atoms with Gasteiger partial charge in [0.2, 0.25) is 0 Å². The zero-order valence-electron chi connectivity index (χ0n) is 15.8. The van der Waals surface area contributed by atoms with Gasteiger partial charge in [0.1, 0.15) is 13.1 Å². The van der Waals surface area contributed by atoms with E-state index in [0.29, 0.717) is 0 Å². The highest BCUT2D eigenvalue weighted by molar-refractivity contribution is 5.43. The van der Waals surface area contributed by atoms with Gasteiger partial charge in [-0.3, -0.25) is 0 Å². The number of benzene rings is 2. The third-order valence-corrected chi connectivity index (χ3v) is 3.42. The van der Waals surface area contributed by atoms with E-state index in [1.807, 2.05) is 24.3 Å². The molecule has 0 N–H and O–H groups in total. The fourth-order valence-corrected chi connectivity index (χ4v) is 2.64. The molecule has 0 atom stereocenters. The van der Waals surface area contributed by atoms with Gasteiger partial charge >= 0.3 is 0 Å². The van der Waals surface area contributed by atoms with Crippen LogP contribution in [0.2, 0.25) is 0 Å². The minimum atomic E-state index is 0.897. The summed E-state index contributed by atoms with van der Waals surface area (Å²) in [5.74, 6) is 0. The Hall–Kier alpha value is -2.04. The van der Waals surface area contributed by atoms with E-state index in [1.165, 1.54) is 11.1 Å². The van der Waals surface area contributed by atoms with E-state index in [-0.39, 0.29) is 0 Å². The second-order valence-corrected chi connectivity index (χ2v) is 8.44. The van der Waals surface area contributed by atoms with Gasteiger partial charge in [0.05, 0.1) is 53.7 Å². The van der Waals surface area contributed by atoms with Gasteiger partial charge in [-0.05, 0) is 24.3 Å². The van der Waals surface area contributed by atoms with Crippen LogP contribution in [0.4, 0.5) is 11.4 Å². The first-order valence-electron chi connectivity index (χ1n) is 8.31. The van der Waals surface area contributed by atoms with Crippen LogP contribution in [0.3, 0.4) is 0 Å². The lowest BCUT2D eigenvalue weighted by Crippen LogP contribution is -2.33. The van der Waals surface area contributed by atoms with E-state index < -0.39 is 0 Å².